The molecule has 7 nitrogen and oxygen atoms in total. The molecule has 8 heteroatoms. The van der Waals surface area contributed by atoms with Crippen molar-refractivity contribution >= 4 is 16.0 Å². The molecule has 1 heterocycles. The molecule has 0 amide bonds. The number of aliphatic imine (C=N–C) groups is 1. The van der Waals surface area contributed by atoms with Crippen LogP contribution in [0.4, 0.5) is 0 Å². The molecule has 1 aliphatic heterocycles. The first-order chi connectivity index (χ1) is 13.5. The van der Waals surface area contributed by atoms with Gasteiger partial charge >= 0.3 is 0 Å². The zero-order valence-electron chi connectivity index (χ0n) is 17.0. The third-order valence-corrected chi connectivity index (χ3v) is 6.13. The van der Waals surface area contributed by atoms with Crippen LogP contribution in [0.1, 0.15) is 38.2 Å². The summed E-state index contributed by atoms with van der Waals surface area (Å²) >= 11 is 0. The number of hydrogen-bond acceptors (Lipinski definition) is 4. The maximum absolute atomic E-state index is 12.2. The van der Waals surface area contributed by atoms with Gasteiger partial charge in [0.2, 0.25) is 10.0 Å². The number of ether oxygens (including phenoxy) is 1. The van der Waals surface area contributed by atoms with Gasteiger partial charge < -0.3 is 15.4 Å². The summed E-state index contributed by atoms with van der Waals surface area (Å²) in [5.41, 5.74) is 1.30. The Morgan fingerprint density at radius 1 is 1.29 bits per heavy atom. The number of sulfonamides is 1. The Labute approximate surface area is 169 Å². The van der Waals surface area contributed by atoms with E-state index in [2.05, 4.69) is 39.4 Å². The molecule has 3 N–H and O–H groups in total. The fraction of sp³-hybridized carbons (Fsp3) is 0.650. The summed E-state index contributed by atoms with van der Waals surface area (Å²) < 4.78 is 32.5. The Morgan fingerprint density at radius 2 is 2.07 bits per heavy atom. The normalized spacial score (nSPS) is 19.2. The molecule has 1 aliphatic rings. The maximum atomic E-state index is 12.2. The molecule has 1 aromatic rings. The van der Waals surface area contributed by atoms with Crippen LogP contribution in [-0.4, -0.2) is 59.0 Å². The highest BCUT2D eigenvalue weighted by atomic mass is 32.2. The fourth-order valence-corrected chi connectivity index (χ4v) is 4.05. The van der Waals surface area contributed by atoms with E-state index < -0.39 is 10.0 Å². The first kappa shape index (κ1) is 22.6. The molecule has 2 atom stereocenters. The molecule has 28 heavy (non-hydrogen) atoms. The quantitative estimate of drug-likeness (QED) is 0.403. The molecule has 1 fully saturated rings. The Bertz CT molecular complexity index is 689. The highest BCUT2D eigenvalue weighted by Crippen LogP contribution is 2.11. The van der Waals surface area contributed by atoms with Gasteiger partial charge in [0.15, 0.2) is 5.96 Å². The molecular formula is C20H34N4O3S. The molecule has 0 aromatic heterocycles. The summed E-state index contributed by atoms with van der Waals surface area (Å²) in [6, 6.07) is 10.6. The van der Waals surface area contributed by atoms with Gasteiger partial charge in [-0.2, -0.15) is 0 Å². The lowest BCUT2D eigenvalue weighted by atomic mass is 10.1. The zero-order chi connectivity index (χ0) is 20.2. The minimum absolute atomic E-state index is 0.00117. The minimum Gasteiger partial charge on any atom is -0.377 e. The highest BCUT2D eigenvalue weighted by Gasteiger charge is 2.17. The number of nitrogens with zero attached hydrogens (tertiary/aromatic N) is 1. The van der Waals surface area contributed by atoms with Crippen molar-refractivity contribution in [3.8, 4) is 0 Å². The number of benzene rings is 1. The molecule has 0 bridgehead atoms. The lowest BCUT2D eigenvalue weighted by Crippen LogP contribution is -2.45. The summed E-state index contributed by atoms with van der Waals surface area (Å²) in [6.45, 7) is 3.47. The number of guanidine groups is 1. The summed E-state index contributed by atoms with van der Waals surface area (Å²) in [7, 11) is -1.65. The second kappa shape index (κ2) is 12.0. The molecule has 2 rings (SSSR count). The van der Waals surface area contributed by atoms with E-state index in [1.165, 1.54) is 5.56 Å². The van der Waals surface area contributed by atoms with Crippen LogP contribution in [0.15, 0.2) is 35.3 Å². The van der Waals surface area contributed by atoms with Gasteiger partial charge in [-0.25, -0.2) is 13.1 Å². The molecule has 1 aromatic carbocycles. The van der Waals surface area contributed by atoms with E-state index >= 15 is 0 Å². The van der Waals surface area contributed by atoms with Gasteiger partial charge in [0.25, 0.3) is 0 Å². The predicted molar refractivity (Wildman–Crippen MR) is 114 cm³/mol. The highest BCUT2D eigenvalue weighted by molar-refractivity contribution is 7.89. The van der Waals surface area contributed by atoms with Gasteiger partial charge in [0.1, 0.15) is 0 Å². The fourth-order valence-electron chi connectivity index (χ4n) is 3.09. The van der Waals surface area contributed by atoms with Crippen LogP contribution in [-0.2, 0) is 21.2 Å². The van der Waals surface area contributed by atoms with E-state index in [9.17, 15) is 8.42 Å². The van der Waals surface area contributed by atoms with Crippen molar-refractivity contribution in [1.82, 2.24) is 15.4 Å². The monoisotopic (exact) mass is 410 g/mol. The number of nitrogens with one attached hydrogen (secondary N) is 3. The Kier molecular flexibility index (Phi) is 9.73. The van der Waals surface area contributed by atoms with E-state index in [1.807, 2.05) is 18.2 Å². The molecular weight excluding hydrogens is 376 g/mol. The second-order valence-corrected chi connectivity index (χ2v) is 9.15. The van der Waals surface area contributed by atoms with Gasteiger partial charge in [-0.05, 0) is 44.6 Å². The van der Waals surface area contributed by atoms with Crippen LogP contribution in [0.2, 0.25) is 0 Å². The second-order valence-electron chi connectivity index (χ2n) is 7.22. The van der Waals surface area contributed by atoms with Crippen LogP contribution in [0.5, 0.6) is 0 Å². The summed E-state index contributed by atoms with van der Waals surface area (Å²) in [5.74, 6) is 0.616. The lowest BCUT2D eigenvalue weighted by Gasteiger charge is -2.22. The van der Waals surface area contributed by atoms with E-state index in [-0.39, 0.29) is 17.9 Å². The first-order valence-corrected chi connectivity index (χ1v) is 11.7. The maximum Gasteiger partial charge on any atom is 0.213 e. The third kappa shape index (κ3) is 9.03. The summed E-state index contributed by atoms with van der Waals surface area (Å²) in [5, 5.41) is 6.39. The molecule has 158 valence electrons. The Morgan fingerprint density at radius 3 is 2.75 bits per heavy atom. The number of hydrogen-bond donors (Lipinski definition) is 3. The molecule has 2 unspecified atom stereocenters. The van der Waals surface area contributed by atoms with Gasteiger partial charge in [0, 0.05) is 32.8 Å². The number of aryl methyl sites for hydroxylation is 1. The van der Waals surface area contributed by atoms with Gasteiger partial charge in [-0.15, -0.1) is 0 Å². The van der Waals surface area contributed by atoms with Crippen molar-refractivity contribution in [3.05, 3.63) is 35.9 Å². The van der Waals surface area contributed by atoms with Crippen molar-refractivity contribution < 1.29 is 13.2 Å². The largest absolute Gasteiger partial charge is 0.377 e. The molecule has 0 aliphatic carbocycles. The first-order valence-electron chi connectivity index (χ1n) is 10.1. The number of rotatable bonds is 10. The average molecular weight is 411 g/mol. The van der Waals surface area contributed by atoms with Crippen molar-refractivity contribution in [2.24, 2.45) is 4.99 Å². The Hall–Kier alpha value is -1.64. The smallest absolute Gasteiger partial charge is 0.213 e. The van der Waals surface area contributed by atoms with Crippen molar-refractivity contribution in [2.45, 2.75) is 51.2 Å². The van der Waals surface area contributed by atoms with Crippen molar-refractivity contribution in [2.75, 3.05) is 32.5 Å². The predicted octanol–water partition coefficient (Wildman–Crippen LogP) is 1.66. The SMILES string of the molecule is CN=C(NCCS(=O)(=O)NCC1CCCCO1)NC(C)CCc1ccccc1. The summed E-state index contributed by atoms with van der Waals surface area (Å²) in [4.78, 5) is 4.18. The van der Waals surface area contributed by atoms with Gasteiger partial charge in [-0.3, -0.25) is 4.99 Å². The molecule has 0 saturated carbocycles. The molecule has 1 saturated heterocycles. The molecule has 0 spiro atoms. The Balaban J connectivity index is 1.65. The van der Waals surface area contributed by atoms with Crippen LogP contribution in [0.3, 0.4) is 0 Å². The van der Waals surface area contributed by atoms with E-state index in [0.717, 1.165) is 38.7 Å². The van der Waals surface area contributed by atoms with Crippen LogP contribution >= 0.6 is 0 Å². The van der Waals surface area contributed by atoms with Crippen LogP contribution < -0.4 is 15.4 Å². The lowest BCUT2D eigenvalue weighted by molar-refractivity contribution is 0.0200. The van der Waals surface area contributed by atoms with Crippen molar-refractivity contribution in [3.63, 3.8) is 0 Å². The van der Waals surface area contributed by atoms with Crippen molar-refractivity contribution in [1.29, 1.82) is 0 Å². The third-order valence-electron chi connectivity index (χ3n) is 4.78. The molecule has 0 radical (unpaired) electrons. The van der Waals surface area contributed by atoms with Crippen LogP contribution in [0, 0.1) is 0 Å². The zero-order valence-corrected chi connectivity index (χ0v) is 17.8. The van der Waals surface area contributed by atoms with Gasteiger partial charge in [-0.1, -0.05) is 30.3 Å². The minimum atomic E-state index is -3.33. The van der Waals surface area contributed by atoms with E-state index in [4.69, 9.17) is 4.74 Å². The average Bonchev–Trinajstić information content (AvgIpc) is 2.71. The standard InChI is InChI=1S/C20H34N4O3S/c1-17(11-12-18-8-4-3-5-9-18)24-20(21-2)22-13-15-28(25,26)23-16-19-10-6-7-14-27-19/h3-5,8-9,17,19,23H,6-7,10-16H2,1-2H3,(H2,21,22,24). The topological polar surface area (TPSA) is 91.8 Å². The van der Waals surface area contributed by atoms with E-state index in [0.29, 0.717) is 19.0 Å². The summed E-state index contributed by atoms with van der Waals surface area (Å²) in [6.07, 6.45) is 5.01. The van der Waals surface area contributed by atoms with Crippen LogP contribution in [0.25, 0.3) is 0 Å². The van der Waals surface area contributed by atoms with E-state index in [1.54, 1.807) is 7.05 Å². The van der Waals surface area contributed by atoms with Gasteiger partial charge in [0.05, 0.1) is 11.9 Å².